The molecule has 5 heteroatoms. The second-order valence-electron chi connectivity index (χ2n) is 4.02. The Hall–Kier alpha value is -1.39. The lowest BCUT2D eigenvalue weighted by molar-refractivity contribution is -0.136. The van der Waals surface area contributed by atoms with Gasteiger partial charge in [-0.2, -0.15) is 0 Å². The highest BCUT2D eigenvalue weighted by Gasteiger charge is 2.06. The molecule has 0 amide bonds. The molecular formula is C10H17N3O2. The molecule has 0 bridgehead atoms. The van der Waals surface area contributed by atoms with Crippen LogP contribution in [0, 0.1) is 5.92 Å². The zero-order valence-electron chi connectivity index (χ0n) is 9.18. The Morgan fingerprint density at radius 2 is 2.33 bits per heavy atom. The third-order valence-corrected chi connectivity index (χ3v) is 2.21. The average molecular weight is 211 g/mol. The molecule has 1 aromatic rings. The molecule has 0 fully saturated rings. The lowest BCUT2D eigenvalue weighted by Gasteiger charge is -2.06. The van der Waals surface area contributed by atoms with Crippen LogP contribution in [-0.4, -0.2) is 26.1 Å². The molecule has 0 radical (unpaired) electrons. The zero-order chi connectivity index (χ0) is 11.3. The van der Waals surface area contributed by atoms with Gasteiger partial charge in [-0.3, -0.25) is 4.79 Å². The number of hydrogen-bond donors (Lipinski definition) is 1. The van der Waals surface area contributed by atoms with Crippen LogP contribution in [0.4, 0.5) is 0 Å². The second kappa shape index (κ2) is 5.48. The van der Waals surface area contributed by atoms with Crippen LogP contribution in [0.2, 0.25) is 0 Å². The number of aliphatic carboxylic acids is 1. The fourth-order valence-electron chi connectivity index (χ4n) is 1.28. The van der Waals surface area contributed by atoms with Gasteiger partial charge in [-0.05, 0) is 12.3 Å². The van der Waals surface area contributed by atoms with Crippen molar-refractivity contribution in [2.24, 2.45) is 5.92 Å². The number of aryl methyl sites for hydroxylation is 2. The molecule has 1 rings (SSSR count). The van der Waals surface area contributed by atoms with Crippen LogP contribution in [-0.2, 0) is 17.8 Å². The lowest BCUT2D eigenvalue weighted by Crippen LogP contribution is -2.09. The first-order chi connectivity index (χ1) is 7.09. The maximum absolute atomic E-state index is 10.4. The molecule has 0 aliphatic carbocycles. The molecule has 5 nitrogen and oxygen atoms in total. The summed E-state index contributed by atoms with van der Waals surface area (Å²) in [4.78, 5) is 10.4. The smallest absolute Gasteiger partial charge is 0.303 e. The van der Waals surface area contributed by atoms with Gasteiger partial charge < -0.3 is 5.11 Å². The van der Waals surface area contributed by atoms with Gasteiger partial charge in [-0.25, -0.2) is 4.68 Å². The van der Waals surface area contributed by atoms with Crippen molar-refractivity contribution >= 4 is 5.97 Å². The Morgan fingerprint density at radius 1 is 1.60 bits per heavy atom. The van der Waals surface area contributed by atoms with Crippen LogP contribution in [0.5, 0.6) is 0 Å². The number of hydrogen-bond acceptors (Lipinski definition) is 3. The third-order valence-electron chi connectivity index (χ3n) is 2.21. The molecular weight excluding hydrogens is 194 g/mol. The van der Waals surface area contributed by atoms with Crippen molar-refractivity contribution in [2.75, 3.05) is 0 Å². The number of rotatable bonds is 6. The van der Waals surface area contributed by atoms with E-state index in [9.17, 15) is 4.79 Å². The largest absolute Gasteiger partial charge is 0.481 e. The number of carboxylic acid groups (broad SMARTS) is 1. The molecule has 15 heavy (non-hydrogen) atoms. The van der Waals surface area contributed by atoms with Crippen LogP contribution in [0.15, 0.2) is 6.20 Å². The van der Waals surface area contributed by atoms with Gasteiger partial charge in [0.1, 0.15) is 0 Å². The molecule has 0 saturated heterocycles. The molecule has 0 aliphatic heterocycles. The van der Waals surface area contributed by atoms with Gasteiger partial charge >= 0.3 is 5.97 Å². The van der Waals surface area contributed by atoms with E-state index in [-0.39, 0.29) is 6.42 Å². The molecule has 0 aliphatic rings. The first-order valence-corrected chi connectivity index (χ1v) is 5.18. The van der Waals surface area contributed by atoms with Crippen molar-refractivity contribution < 1.29 is 9.90 Å². The third kappa shape index (κ3) is 4.10. The monoisotopic (exact) mass is 211 g/mol. The molecule has 1 N–H and O–H groups in total. The first kappa shape index (κ1) is 11.7. The highest BCUT2D eigenvalue weighted by Crippen LogP contribution is 2.06. The van der Waals surface area contributed by atoms with Crippen molar-refractivity contribution in [3.8, 4) is 0 Å². The minimum Gasteiger partial charge on any atom is -0.481 e. The lowest BCUT2D eigenvalue weighted by atomic mass is 10.1. The van der Waals surface area contributed by atoms with E-state index in [1.165, 1.54) is 0 Å². The molecule has 0 spiro atoms. The Bertz CT molecular complexity index is 320. The fraction of sp³-hybridized carbons (Fsp3) is 0.700. The van der Waals surface area contributed by atoms with Crippen LogP contribution in [0.3, 0.4) is 0 Å². The van der Waals surface area contributed by atoms with E-state index in [0.717, 1.165) is 18.7 Å². The summed E-state index contributed by atoms with van der Waals surface area (Å²) in [6.45, 7) is 5.11. The molecule has 1 aromatic heterocycles. The van der Waals surface area contributed by atoms with Gasteiger partial charge in [-0.1, -0.05) is 19.1 Å². The maximum Gasteiger partial charge on any atom is 0.303 e. The Kier molecular flexibility index (Phi) is 4.27. The van der Waals surface area contributed by atoms with E-state index >= 15 is 0 Å². The number of carbonyl (C=O) groups is 1. The van der Waals surface area contributed by atoms with Crippen LogP contribution in [0.25, 0.3) is 0 Å². The van der Waals surface area contributed by atoms with Crippen molar-refractivity contribution in [3.05, 3.63) is 11.9 Å². The highest BCUT2D eigenvalue weighted by atomic mass is 16.4. The Balaban J connectivity index is 2.49. The summed E-state index contributed by atoms with van der Waals surface area (Å²) in [6.07, 6.45) is 3.31. The molecule has 0 aromatic carbocycles. The zero-order valence-corrected chi connectivity index (χ0v) is 9.18. The van der Waals surface area contributed by atoms with E-state index in [0.29, 0.717) is 12.3 Å². The number of aromatic nitrogens is 3. The van der Waals surface area contributed by atoms with Gasteiger partial charge in [0.2, 0.25) is 0 Å². The van der Waals surface area contributed by atoms with Gasteiger partial charge in [0.05, 0.1) is 18.3 Å². The van der Waals surface area contributed by atoms with Crippen molar-refractivity contribution in [2.45, 2.75) is 39.7 Å². The average Bonchev–Trinajstić information content (AvgIpc) is 2.58. The predicted molar refractivity (Wildman–Crippen MR) is 55.4 cm³/mol. The summed E-state index contributed by atoms with van der Waals surface area (Å²) < 4.78 is 1.79. The van der Waals surface area contributed by atoms with E-state index in [4.69, 9.17) is 5.11 Å². The van der Waals surface area contributed by atoms with Crippen molar-refractivity contribution in [1.29, 1.82) is 0 Å². The van der Waals surface area contributed by atoms with Crippen molar-refractivity contribution in [3.63, 3.8) is 0 Å². The summed E-state index contributed by atoms with van der Waals surface area (Å²) in [6, 6.07) is 0. The number of carboxylic acids is 1. The van der Waals surface area contributed by atoms with E-state index in [1.807, 2.05) is 0 Å². The van der Waals surface area contributed by atoms with Gasteiger partial charge in [-0.15, -0.1) is 5.10 Å². The van der Waals surface area contributed by atoms with Gasteiger partial charge in [0.15, 0.2) is 0 Å². The number of nitrogens with zero attached hydrogens (tertiary/aromatic N) is 3. The van der Waals surface area contributed by atoms with Crippen molar-refractivity contribution in [1.82, 2.24) is 15.0 Å². The molecule has 84 valence electrons. The summed E-state index contributed by atoms with van der Waals surface area (Å²) in [5.41, 5.74) is 0.901. The highest BCUT2D eigenvalue weighted by molar-refractivity contribution is 5.66. The maximum atomic E-state index is 10.4. The topological polar surface area (TPSA) is 68.0 Å². The van der Waals surface area contributed by atoms with Gasteiger partial charge in [0, 0.05) is 13.0 Å². The van der Waals surface area contributed by atoms with E-state index in [1.54, 1.807) is 10.9 Å². The minimum atomic E-state index is -0.786. The standard InChI is InChI=1S/C10H17N3O2/c1-8(2)5-6-13-9(7-11-12-13)3-4-10(14)15/h7-8H,3-6H2,1-2H3,(H,14,15). The predicted octanol–water partition coefficient (Wildman–Crippen LogP) is 1.34. The Morgan fingerprint density at radius 3 is 2.93 bits per heavy atom. The summed E-state index contributed by atoms with van der Waals surface area (Å²) >= 11 is 0. The summed E-state index contributed by atoms with van der Waals surface area (Å²) in [7, 11) is 0. The Labute approximate surface area is 89.1 Å². The molecule has 0 atom stereocenters. The second-order valence-corrected chi connectivity index (χ2v) is 4.02. The van der Waals surface area contributed by atoms with Crippen LogP contribution in [0.1, 0.15) is 32.4 Å². The normalized spacial score (nSPS) is 10.9. The SMILES string of the molecule is CC(C)CCn1nncc1CCC(=O)O. The fourth-order valence-corrected chi connectivity index (χ4v) is 1.28. The summed E-state index contributed by atoms with van der Waals surface area (Å²) in [5.74, 6) is -0.173. The molecule has 0 saturated carbocycles. The first-order valence-electron chi connectivity index (χ1n) is 5.18. The summed E-state index contributed by atoms with van der Waals surface area (Å²) in [5, 5.41) is 16.3. The molecule has 0 unspecified atom stereocenters. The van der Waals surface area contributed by atoms with E-state index in [2.05, 4.69) is 24.2 Å². The van der Waals surface area contributed by atoms with Crippen LogP contribution >= 0.6 is 0 Å². The molecule has 1 heterocycles. The minimum absolute atomic E-state index is 0.134. The quantitative estimate of drug-likeness (QED) is 0.771. The van der Waals surface area contributed by atoms with Gasteiger partial charge in [0.25, 0.3) is 0 Å². The van der Waals surface area contributed by atoms with Crippen LogP contribution < -0.4 is 0 Å². The van der Waals surface area contributed by atoms with E-state index < -0.39 is 5.97 Å².